The summed E-state index contributed by atoms with van der Waals surface area (Å²) in [5.74, 6) is 2.50. The molecular formula is C13H16BrNO2S. The molecule has 18 heavy (non-hydrogen) atoms. The number of rotatable bonds is 4. The smallest absolute Gasteiger partial charge is 0.207 e. The predicted octanol–water partition coefficient (Wildman–Crippen LogP) is 2.69. The predicted molar refractivity (Wildman–Crippen MR) is 76.7 cm³/mol. The van der Waals surface area contributed by atoms with Gasteiger partial charge in [0.05, 0.1) is 10.9 Å². The summed E-state index contributed by atoms with van der Waals surface area (Å²) in [6, 6.07) is 4.37. The zero-order valence-corrected chi connectivity index (χ0v) is 13.0. The van der Waals surface area contributed by atoms with Gasteiger partial charge in [-0.1, -0.05) is 35.7 Å². The first-order chi connectivity index (χ1) is 8.27. The second-order valence-electron chi connectivity index (χ2n) is 4.42. The van der Waals surface area contributed by atoms with Gasteiger partial charge >= 0.3 is 0 Å². The maximum Gasteiger partial charge on any atom is 0.241 e. The van der Waals surface area contributed by atoms with Crippen molar-refractivity contribution in [1.82, 2.24) is 4.72 Å². The van der Waals surface area contributed by atoms with Crippen LogP contribution in [0.25, 0.3) is 0 Å². The third-order valence-electron chi connectivity index (χ3n) is 2.57. The van der Waals surface area contributed by atoms with Crippen molar-refractivity contribution in [3.63, 3.8) is 0 Å². The van der Waals surface area contributed by atoms with Crippen molar-refractivity contribution in [2.24, 2.45) is 5.92 Å². The first-order valence-electron chi connectivity index (χ1n) is 5.52. The summed E-state index contributed by atoms with van der Waals surface area (Å²) in [7, 11) is -3.57. The first-order valence-corrected chi connectivity index (χ1v) is 7.80. The second-order valence-corrected chi connectivity index (χ2v) is 6.99. The molecule has 1 N–H and O–H groups in total. The summed E-state index contributed by atoms with van der Waals surface area (Å²) in [5.41, 5.74) is 0.861. The Morgan fingerprint density at radius 1 is 1.39 bits per heavy atom. The van der Waals surface area contributed by atoms with Crippen LogP contribution in [0.1, 0.15) is 19.4 Å². The highest BCUT2D eigenvalue weighted by Crippen LogP contribution is 2.20. The lowest BCUT2D eigenvalue weighted by Gasteiger charge is -2.17. The molecule has 0 aliphatic heterocycles. The van der Waals surface area contributed by atoms with Crippen molar-refractivity contribution in [2.75, 3.05) is 0 Å². The SMILES string of the molecule is C#CC(NS(=O)(=O)c1ccc(Br)c(C)c1)C(C)C. The maximum absolute atomic E-state index is 12.1. The average molecular weight is 330 g/mol. The number of hydrogen-bond acceptors (Lipinski definition) is 2. The van der Waals surface area contributed by atoms with E-state index in [0.717, 1.165) is 10.0 Å². The van der Waals surface area contributed by atoms with Crippen LogP contribution < -0.4 is 4.72 Å². The van der Waals surface area contributed by atoms with E-state index in [1.54, 1.807) is 18.2 Å². The zero-order chi connectivity index (χ0) is 13.9. The summed E-state index contributed by atoms with van der Waals surface area (Å²) < 4.78 is 27.7. The van der Waals surface area contributed by atoms with Gasteiger partial charge in [0, 0.05) is 4.47 Å². The monoisotopic (exact) mass is 329 g/mol. The van der Waals surface area contributed by atoms with Crippen LogP contribution in [0.5, 0.6) is 0 Å². The Morgan fingerprint density at radius 2 is 2.00 bits per heavy atom. The molecule has 0 fully saturated rings. The Balaban J connectivity index is 3.07. The Labute approximate surface area is 117 Å². The van der Waals surface area contributed by atoms with Gasteiger partial charge in [-0.2, -0.15) is 4.72 Å². The largest absolute Gasteiger partial charge is 0.241 e. The molecule has 0 saturated carbocycles. The lowest BCUT2D eigenvalue weighted by Crippen LogP contribution is -2.37. The van der Waals surface area contributed by atoms with E-state index < -0.39 is 16.1 Å². The van der Waals surface area contributed by atoms with Crippen molar-refractivity contribution in [3.05, 3.63) is 28.2 Å². The summed E-state index contributed by atoms with van der Waals surface area (Å²) in [4.78, 5) is 0.226. The molecule has 1 rings (SSSR count). The van der Waals surface area contributed by atoms with Gasteiger partial charge in [0.2, 0.25) is 10.0 Å². The van der Waals surface area contributed by atoms with Gasteiger partial charge in [-0.25, -0.2) is 8.42 Å². The molecule has 3 nitrogen and oxygen atoms in total. The number of hydrogen-bond donors (Lipinski definition) is 1. The number of nitrogens with one attached hydrogen (secondary N) is 1. The molecule has 0 aliphatic rings. The molecule has 0 amide bonds. The van der Waals surface area contributed by atoms with Crippen molar-refractivity contribution in [3.8, 4) is 12.3 Å². The van der Waals surface area contributed by atoms with Gasteiger partial charge in [-0.3, -0.25) is 0 Å². The van der Waals surface area contributed by atoms with Crippen molar-refractivity contribution < 1.29 is 8.42 Å². The second kappa shape index (κ2) is 5.87. The zero-order valence-electron chi connectivity index (χ0n) is 10.6. The summed E-state index contributed by atoms with van der Waals surface area (Å²) >= 11 is 3.34. The molecule has 5 heteroatoms. The Morgan fingerprint density at radius 3 is 2.44 bits per heavy atom. The minimum atomic E-state index is -3.57. The fourth-order valence-corrected chi connectivity index (χ4v) is 3.02. The number of sulfonamides is 1. The highest BCUT2D eigenvalue weighted by atomic mass is 79.9. The van der Waals surface area contributed by atoms with Crippen LogP contribution in [-0.4, -0.2) is 14.5 Å². The quantitative estimate of drug-likeness (QED) is 0.863. The van der Waals surface area contributed by atoms with E-state index in [9.17, 15) is 8.42 Å². The van der Waals surface area contributed by atoms with E-state index in [1.807, 2.05) is 20.8 Å². The van der Waals surface area contributed by atoms with Gasteiger partial charge in [0.15, 0.2) is 0 Å². The normalized spacial score (nSPS) is 13.3. The molecule has 1 aromatic carbocycles. The Bertz CT molecular complexity index is 573. The van der Waals surface area contributed by atoms with E-state index in [0.29, 0.717) is 0 Å². The molecule has 1 aromatic rings. The molecule has 0 radical (unpaired) electrons. The molecule has 1 unspecified atom stereocenters. The summed E-state index contributed by atoms with van der Waals surface area (Å²) in [5, 5.41) is 0. The van der Waals surface area contributed by atoms with Gasteiger partial charge in [-0.15, -0.1) is 6.42 Å². The third-order valence-corrected chi connectivity index (χ3v) is 4.90. The molecule has 0 spiro atoms. The van der Waals surface area contributed by atoms with E-state index in [4.69, 9.17) is 6.42 Å². The van der Waals surface area contributed by atoms with E-state index in [-0.39, 0.29) is 10.8 Å². The van der Waals surface area contributed by atoms with E-state index in [2.05, 4.69) is 26.6 Å². The van der Waals surface area contributed by atoms with Gasteiger partial charge in [0.1, 0.15) is 0 Å². The van der Waals surface area contributed by atoms with Crippen molar-refractivity contribution in [1.29, 1.82) is 0 Å². The first kappa shape index (κ1) is 15.2. The molecule has 0 aromatic heterocycles. The Hall–Kier alpha value is -0.830. The molecule has 0 heterocycles. The van der Waals surface area contributed by atoms with Crippen molar-refractivity contribution >= 4 is 26.0 Å². The van der Waals surface area contributed by atoms with E-state index >= 15 is 0 Å². The Kier molecular flexibility index (Phi) is 4.97. The molecule has 98 valence electrons. The summed E-state index contributed by atoms with van der Waals surface area (Å²) in [6.45, 7) is 5.59. The van der Waals surface area contributed by atoms with Crippen molar-refractivity contribution in [2.45, 2.75) is 31.7 Å². The van der Waals surface area contributed by atoms with E-state index in [1.165, 1.54) is 0 Å². The fraction of sp³-hybridized carbons (Fsp3) is 0.385. The van der Waals surface area contributed by atoms with Crippen LogP contribution in [0.15, 0.2) is 27.6 Å². The minimum Gasteiger partial charge on any atom is -0.207 e. The highest BCUT2D eigenvalue weighted by molar-refractivity contribution is 9.10. The topological polar surface area (TPSA) is 46.2 Å². The molecular weight excluding hydrogens is 314 g/mol. The maximum atomic E-state index is 12.1. The standard InChI is InChI=1S/C13H16BrNO2S/c1-5-13(9(2)3)15-18(16,17)11-6-7-12(14)10(4)8-11/h1,6-9,13,15H,2-4H3. The van der Waals surface area contributed by atoms with Crippen LogP contribution in [0.3, 0.4) is 0 Å². The number of halogens is 1. The van der Waals surface area contributed by atoms with Gasteiger partial charge < -0.3 is 0 Å². The fourth-order valence-electron chi connectivity index (χ4n) is 1.38. The summed E-state index contributed by atoms with van der Waals surface area (Å²) in [6.07, 6.45) is 5.33. The highest BCUT2D eigenvalue weighted by Gasteiger charge is 2.21. The molecule has 1 atom stereocenters. The third kappa shape index (κ3) is 3.58. The number of benzene rings is 1. The van der Waals surface area contributed by atoms with Crippen LogP contribution in [-0.2, 0) is 10.0 Å². The van der Waals surface area contributed by atoms with Crippen LogP contribution in [0.2, 0.25) is 0 Å². The van der Waals surface area contributed by atoms with Gasteiger partial charge in [0.25, 0.3) is 0 Å². The number of aryl methyl sites for hydroxylation is 1. The lowest BCUT2D eigenvalue weighted by molar-refractivity contribution is 0.518. The molecule has 0 bridgehead atoms. The molecule has 0 saturated heterocycles. The average Bonchev–Trinajstić information content (AvgIpc) is 2.29. The van der Waals surface area contributed by atoms with Crippen LogP contribution in [0.4, 0.5) is 0 Å². The number of terminal acetylenes is 1. The molecule has 0 aliphatic carbocycles. The van der Waals surface area contributed by atoms with Crippen LogP contribution >= 0.6 is 15.9 Å². The lowest BCUT2D eigenvalue weighted by atomic mass is 10.1. The minimum absolute atomic E-state index is 0.0429. The van der Waals surface area contributed by atoms with Gasteiger partial charge in [-0.05, 0) is 36.6 Å². The van der Waals surface area contributed by atoms with Crippen LogP contribution in [0, 0.1) is 25.2 Å².